The maximum atomic E-state index is 13.0. The summed E-state index contributed by atoms with van der Waals surface area (Å²) in [6, 6.07) is 0.179. The zero-order chi connectivity index (χ0) is 15.5. The maximum Gasteiger partial charge on any atom is 0.226 e. The van der Waals surface area contributed by atoms with Crippen molar-refractivity contribution in [3.05, 3.63) is 0 Å². The van der Waals surface area contributed by atoms with Crippen molar-refractivity contribution in [1.29, 1.82) is 0 Å². The molecule has 0 aromatic rings. The first-order valence-corrected chi connectivity index (χ1v) is 9.03. The van der Waals surface area contributed by atoms with Gasteiger partial charge in [0, 0.05) is 11.4 Å². The first-order valence-electron chi connectivity index (χ1n) is 8.59. The van der Waals surface area contributed by atoms with Crippen LogP contribution >= 0.6 is 11.6 Å². The summed E-state index contributed by atoms with van der Waals surface area (Å²) in [5.41, 5.74) is 0.704. The molecule has 4 atom stereocenters. The van der Waals surface area contributed by atoms with E-state index in [2.05, 4.69) is 26.1 Å². The number of halogens is 1. The first kappa shape index (κ1) is 15.6. The third-order valence-electron chi connectivity index (χ3n) is 6.16. The van der Waals surface area contributed by atoms with Crippen molar-refractivity contribution in [3.63, 3.8) is 0 Å². The number of rotatable bonds is 4. The Bertz CT molecular complexity index is 428. The Kier molecular flexibility index (Phi) is 3.63. The van der Waals surface area contributed by atoms with Crippen LogP contribution in [-0.2, 0) is 4.79 Å². The number of hydrogen-bond acceptors (Lipinski definition) is 1. The number of alkyl halides is 1. The van der Waals surface area contributed by atoms with Crippen LogP contribution in [0.4, 0.5) is 0 Å². The molecule has 1 amide bonds. The largest absolute Gasteiger partial charge is 0.353 e. The third kappa shape index (κ3) is 2.85. The summed E-state index contributed by atoms with van der Waals surface area (Å²) in [4.78, 5) is 13.0. The van der Waals surface area contributed by atoms with Gasteiger partial charge in [0.2, 0.25) is 5.91 Å². The highest BCUT2D eigenvalue weighted by molar-refractivity contribution is 6.20. The van der Waals surface area contributed by atoms with E-state index in [1.165, 1.54) is 19.3 Å². The van der Waals surface area contributed by atoms with Gasteiger partial charge in [-0.2, -0.15) is 0 Å². The number of nitrogens with one attached hydrogen (secondary N) is 1. The predicted molar refractivity (Wildman–Crippen MR) is 87.4 cm³/mol. The van der Waals surface area contributed by atoms with Gasteiger partial charge in [0.25, 0.3) is 0 Å². The summed E-state index contributed by atoms with van der Waals surface area (Å²) >= 11 is 6.07. The molecule has 120 valence electrons. The van der Waals surface area contributed by atoms with E-state index in [0.717, 1.165) is 31.6 Å². The van der Waals surface area contributed by atoms with Gasteiger partial charge in [0.1, 0.15) is 0 Å². The lowest BCUT2D eigenvalue weighted by atomic mass is 9.40. The van der Waals surface area contributed by atoms with E-state index in [1.54, 1.807) is 0 Å². The van der Waals surface area contributed by atoms with Crippen molar-refractivity contribution in [2.75, 3.05) is 0 Å². The summed E-state index contributed by atoms with van der Waals surface area (Å²) in [7, 11) is 0. The van der Waals surface area contributed by atoms with Crippen LogP contribution in [-0.4, -0.2) is 17.3 Å². The SMILES string of the molecule is CC(Cl)CC(C)NC(=O)C12CC3CC(C)(CC(C)(C3)C1)C2. The molecule has 4 aliphatic carbocycles. The molecule has 2 nitrogen and oxygen atoms in total. The van der Waals surface area contributed by atoms with Crippen LogP contribution < -0.4 is 5.32 Å². The van der Waals surface area contributed by atoms with Gasteiger partial charge in [-0.15, -0.1) is 11.6 Å². The van der Waals surface area contributed by atoms with Crippen molar-refractivity contribution in [2.45, 2.75) is 84.1 Å². The van der Waals surface area contributed by atoms with Crippen LogP contribution in [0.3, 0.4) is 0 Å². The van der Waals surface area contributed by atoms with Gasteiger partial charge in [0.05, 0.1) is 5.41 Å². The molecule has 4 rings (SSSR count). The molecule has 3 heteroatoms. The molecule has 0 aliphatic heterocycles. The van der Waals surface area contributed by atoms with Crippen LogP contribution in [0.5, 0.6) is 0 Å². The fourth-order valence-corrected chi connectivity index (χ4v) is 6.89. The number of amides is 1. The average Bonchev–Trinajstić information content (AvgIpc) is 2.21. The van der Waals surface area contributed by atoms with Gasteiger partial charge in [0.15, 0.2) is 0 Å². The molecule has 4 fully saturated rings. The van der Waals surface area contributed by atoms with Gasteiger partial charge in [-0.3, -0.25) is 4.79 Å². The second kappa shape index (κ2) is 4.88. The monoisotopic (exact) mass is 311 g/mol. The second-order valence-electron chi connectivity index (χ2n) is 9.30. The fourth-order valence-electron chi connectivity index (χ4n) is 6.62. The minimum Gasteiger partial charge on any atom is -0.353 e. The highest BCUT2D eigenvalue weighted by Crippen LogP contribution is 2.69. The molecule has 0 radical (unpaired) electrons. The van der Waals surface area contributed by atoms with Gasteiger partial charge in [-0.1, -0.05) is 13.8 Å². The van der Waals surface area contributed by atoms with Gasteiger partial charge in [-0.05, 0) is 75.5 Å². The predicted octanol–water partition coefficient (Wildman–Crippen LogP) is 4.51. The van der Waals surface area contributed by atoms with Crippen LogP contribution in [0, 0.1) is 22.2 Å². The standard InChI is InChI=1S/C18H30ClNO/c1-12(19)5-13(2)20-15(21)18-8-14-6-16(3,10-18)9-17(4,7-14)11-18/h12-14H,5-11H2,1-4H3,(H,20,21). The summed E-state index contributed by atoms with van der Waals surface area (Å²) in [5.74, 6) is 1.08. The quantitative estimate of drug-likeness (QED) is 0.761. The lowest BCUT2D eigenvalue weighted by Gasteiger charge is -2.64. The highest BCUT2D eigenvalue weighted by atomic mass is 35.5. The smallest absolute Gasteiger partial charge is 0.226 e. The van der Waals surface area contributed by atoms with E-state index >= 15 is 0 Å². The number of carbonyl (C=O) groups excluding carboxylic acids is 1. The lowest BCUT2D eigenvalue weighted by Crippen LogP contribution is -2.60. The highest BCUT2D eigenvalue weighted by Gasteiger charge is 2.62. The van der Waals surface area contributed by atoms with Gasteiger partial charge >= 0.3 is 0 Å². The van der Waals surface area contributed by atoms with Crippen molar-refractivity contribution >= 4 is 17.5 Å². The van der Waals surface area contributed by atoms with Gasteiger partial charge in [-0.25, -0.2) is 0 Å². The van der Waals surface area contributed by atoms with E-state index in [4.69, 9.17) is 11.6 Å². The molecule has 0 aromatic carbocycles. The summed E-state index contributed by atoms with van der Waals surface area (Å²) < 4.78 is 0. The van der Waals surface area contributed by atoms with E-state index < -0.39 is 0 Å². The van der Waals surface area contributed by atoms with Crippen LogP contribution in [0.15, 0.2) is 0 Å². The van der Waals surface area contributed by atoms with Crippen LogP contribution in [0.25, 0.3) is 0 Å². The minimum atomic E-state index is -0.0905. The van der Waals surface area contributed by atoms with Crippen molar-refractivity contribution in [2.24, 2.45) is 22.2 Å². The average molecular weight is 312 g/mol. The molecular weight excluding hydrogens is 282 g/mol. The summed E-state index contributed by atoms with van der Waals surface area (Å²) in [6.45, 7) is 8.92. The molecule has 4 aliphatic rings. The Morgan fingerprint density at radius 2 is 1.71 bits per heavy atom. The normalized spacial score (nSPS) is 47.2. The Hall–Kier alpha value is -0.240. The van der Waals surface area contributed by atoms with Crippen molar-refractivity contribution in [3.8, 4) is 0 Å². The second-order valence-corrected chi connectivity index (χ2v) is 10.0. The Labute approximate surface area is 134 Å². The topological polar surface area (TPSA) is 29.1 Å². The third-order valence-corrected chi connectivity index (χ3v) is 6.34. The Balaban J connectivity index is 1.76. The molecular formula is C18H30ClNO. The molecule has 0 heterocycles. The molecule has 0 spiro atoms. The molecule has 4 unspecified atom stereocenters. The number of carbonyl (C=O) groups is 1. The molecule has 1 N–H and O–H groups in total. The molecule has 0 aromatic heterocycles. The van der Waals surface area contributed by atoms with Gasteiger partial charge < -0.3 is 5.32 Å². The van der Waals surface area contributed by atoms with E-state index in [9.17, 15) is 4.79 Å². The van der Waals surface area contributed by atoms with Crippen LogP contribution in [0.2, 0.25) is 0 Å². The zero-order valence-corrected chi connectivity index (χ0v) is 14.7. The van der Waals surface area contributed by atoms with Crippen molar-refractivity contribution < 1.29 is 4.79 Å². The fraction of sp³-hybridized carbons (Fsp3) is 0.944. The van der Waals surface area contributed by atoms with Crippen LogP contribution in [0.1, 0.15) is 72.6 Å². The molecule has 4 bridgehead atoms. The lowest BCUT2D eigenvalue weighted by molar-refractivity contribution is -0.170. The molecule has 21 heavy (non-hydrogen) atoms. The zero-order valence-electron chi connectivity index (χ0n) is 14.0. The first-order chi connectivity index (χ1) is 9.64. The Morgan fingerprint density at radius 3 is 2.19 bits per heavy atom. The summed E-state index contributed by atoms with van der Waals surface area (Å²) in [6.07, 6.45) is 8.16. The maximum absolute atomic E-state index is 13.0. The van der Waals surface area contributed by atoms with E-state index in [1.807, 2.05) is 6.92 Å². The Morgan fingerprint density at radius 1 is 1.14 bits per heavy atom. The summed E-state index contributed by atoms with van der Waals surface area (Å²) in [5, 5.41) is 3.40. The number of hydrogen-bond donors (Lipinski definition) is 1. The molecule has 4 saturated carbocycles. The van der Waals surface area contributed by atoms with E-state index in [0.29, 0.717) is 16.7 Å². The minimum absolute atomic E-state index is 0.0905. The van der Waals surface area contributed by atoms with E-state index in [-0.39, 0.29) is 16.8 Å². The van der Waals surface area contributed by atoms with Crippen molar-refractivity contribution in [1.82, 2.24) is 5.32 Å². The molecule has 0 saturated heterocycles.